The number of hydrogen-bond donors (Lipinski definition) is 0. The van der Waals surface area contributed by atoms with E-state index in [0.717, 1.165) is 82.2 Å². The molecule has 0 atom stereocenters. The van der Waals surface area contributed by atoms with E-state index >= 15 is 0 Å². The summed E-state index contributed by atoms with van der Waals surface area (Å²) >= 11 is 1.73. The summed E-state index contributed by atoms with van der Waals surface area (Å²) in [6.07, 6.45) is 0. The summed E-state index contributed by atoms with van der Waals surface area (Å²) < 4.78 is 8.85. The van der Waals surface area contributed by atoms with Crippen LogP contribution in [0.1, 0.15) is 0 Å². The monoisotopic (exact) mass is 735 g/mol. The van der Waals surface area contributed by atoms with E-state index in [2.05, 4.69) is 91.0 Å². The number of aromatic nitrogens is 5. The zero-order valence-corrected chi connectivity index (χ0v) is 30.6. The van der Waals surface area contributed by atoms with Gasteiger partial charge in [0.05, 0.1) is 15.9 Å². The highest BCUT2D eigenvalue weighted by Gasteiger charge is 2.19. The van der Waals surface area contributed by atoms with E-state index < -0.39 is 0 Å². The van der Waals surface area contributed by atoms with Gasteiger partial charge in [-0.2, -0.15) is 0 Å². The van der Waals surface area contributed by atoms with Gasteiger partial charge in [-0.1, -0.05) is 152 Å². The van der Waals surface area contributed by atoms with Crippen LogP contribution in [0.15, 0.2) is 180 Å². The highest BCUT2D eigenvalue weighted by Crippen LogP contribution is 2.42. The van der Waals surface area contributed by atoms with Gasteiger partial charge >= 0.3 is 0 Å². The first-order valence-corrected chi connectivity index (χ1v) is 19.2. The minimum Gasteiger partial charge on any atom is -0.456 e. The maximum Gasteiger partial charge on any atom is 0.164 e. The third kappa shape index (κ3) is 5.52. The lowest BCUT2D eigenvalue weighted by molar-refractivity contribution is 0.669. The highest BCUT2D eigenvalue weighted by molar-refractivity contribution is 7.26. The molecule has 262 valence electrons. The molecule has 11 rings (SSSR count). The molecule has 0 fully saturated rings. The van der Waals surface area contributed by atoms with Gasteiger partial charge in [-0.15, -0.1) is 11.3 Å². The van der Waals surface area contributed by atoms with Gasteiger partial charge in [0.15, 0.2) is 23.3 Å². The highest BCUT2D eigenvalue weighted by atomic mass is 32.1. The van der Waals surface area contributed by atoms with E-state index in [1.807, 2.05) is 84.9 Å². The molecular formula is C49H29N5OS. The molecule has 7 heteroatoms. The normalized spacial score (nSPS) is 11.6. The Morgan fingerprint density at radius 1 is 0.375 bits per heavy atom. The van der Waals surface area contributed by atoms with Crippen molar-refractivity contribution in [1.29, 1.82) is 0 Å². The van der Waals surface area contributed by atoms with Crippen LogP contribution in [-0.4, -0.2) is 24.9 Å². The van der Waals surface area contributed by atoms with Crippen molar-refractivity contribution in [2.75, 3.05) is 0 Å². The maximum atomic E-state index is 6.60. The number of furan rings is 1. The predicted octanol–water partition coefficient (Wildman–Crippen LogP) is 12.9. The Balaban J connectivity index is 1.01. The molecular weight excluding hydrogens is 707 g/mol. The summed E-state index contributed by atoms with van der Waals surface area (Å²) in [5, 5.41) is 3.25. The Labute approximate surface area is 325 Å². The van der Waals surface area contributed by atoms with E-state index in [1.54, 1.807) is 11.3 Å². The molecule has 0 saturated heterocycles. The number of fused-ring (bicyclic) bond motifs is 6. The van der Waals surface area contributed by atoms with E-state index in [-0.39, 0.29) is 0 Å². The Morgan fingerprint density at radius 3 is 1.55 bits per heavy atom. The summed E-state index contributed by atoms with van der Waals surface area (Å²) in [5.74, 6) is 2.60. The topological polar surface area (TPSA) is 77.6 Å². The van der Waals surface area contributed by atoms with Crippen LogP contribution in [0.5, 0.6) is 0 Å². The summed E-state index contributed by atoms with van der Waals surface area (Å²) in [4.78, 5) is 25.0. The van der Waals surface area contributed by atoms with Gasteiger partial charge in [0.25, 0.3) is 0 Å². The first-order valence-electron chi connectivity index (χ1n) is 18.4. The molecule has 0 amide bonds. The van der Waals surface area contributed by atoms with Crippen LogP contribution in [0.25, 0.3) is 110 Å². The van der Waals surface area contributed by atoms with Crippen LogP contribution in [0, 0.1) is 0 Å². The largest absolute Gasteiger partial charge is 0.456 e. The van der Waals surface area contributed by atoms with Crippen LogP contribution >= 0.6 is 11.3 Å². The smallest absolute Gasteiger partial charge is 0.164 e. The second kappa shape index (κ2) is 13.2. The third-order valence-electron chi connectivity index (χ3n) is 10.2. The number of thiophene rings is 1. The average molecular weight is 736 g/mol. The first-order chi connectivity index (χ1) is 27.7. The number of benzene rings is 7. The molecule has 4 aromatic heterocycles. The standard InChI is InChI=1S/C49H29N5OS/c1-4-13-31(14-5-1)46-50-43(45-44(51-46)38-19-10-11-22-41(38)56-45)35-27-28-37-40(29-35)55-39-21-12-20-36(42(37)39)30-23-25-34(26-24-30)49-53-47(32-15-6-2-7-16-32)52-48(54-49)33-17-8-3-9-18-33/h1-29H. The molecule has 6 nitrogen and oxygen atoms in total. The number of nitrogens with zero attached hydrogens (tertiary/aromatic N) is 5. The minimum atomic E-state index is 0.622. The molecule has 7 aromatic carbocycles. The van der Waals surface area contributed by atoms with Crippen LogP contribution in [0.4, 0.5) is 0 Å². The Hall–Kier alpha value is -7.35. The summed E-state index contributed by atoms with van der Waals surface area (Å²) in [7, 11) is 0. The molecule has 0 aliphatic rings. The lowest BCUT2D eigenvalue weighted by Gasteiger charge is -2.09. The first kappa shape index (κ1) is 32.1. The molecule has 0 unspecified atom stereocenters. The van der Waals surface area contributed by atoms with Gasteiger partial charge in [0.1, 0.15) is 11.2 Å². The van der Waals surface area contributed by atoms with Crippen molar-refractivity contribution in [2.24, 2.45) is 0 Å². The Bertz CT molecular complexity index is 3180. The van der Waals surface area contributed by atoms with Crippen molar-refractivity contribution in [3.8, 4) is 67.9 Å². The fourth-order valence-corrected chi connectivity index (χ4v) is 8.61. The minimum absolute atomic E-state index is 0.622. The average Bonchev–Trinajstić information content (AvgIpc) is 3.85. The Kier molecular flexibility index (Phi) is 7.57. The Morgan fingerprint density at radius 2 is 0.911 bits per heavy atom. The second-order valence-electron chi connectivity index (χ2n) is 13.6. The van der Waals surface area contributed by atoms with Gasteiger partial charge in [0.2, 0.25) is 0 Å². The van der Waals surface area contributed by atoms with Crippen molar-refractivity contribution in [3.63, 3.8) is 0 Å². The van der Waals surface area contributed by atoms with Crippen molar-refractivity contribution in [2.45, 2.75) is 0 Å². The van der Waals surface area contributed by atoms with Gasteiger partial charge in [-0.05, 0) is 35.4 Å². The predicted molar refractivity (Wildman–Crippen MR) is 228 cm³/mol. The zero-order chi connectivity index (χ0) is 37.0. The molecule has 0 aliphatic heterocycles. The van der Waals surface area contributed by atoms with Gasteiger partial charge in [-0.25, -0.2) is 24.9 Å². The fourth-order valence-electron chi connectivity index (χ4n) is 7.45. The van der Waals surface area contributed by atoms with Crippen LogP contribution in [-0.2, 0) is 0 Å². The van der Waals surface area contributed by atoms with E-state index in [4.69, 9.17) is 29.3 Å². The molecule has 0 N–H and O–H groups in total. The van der Waals surface area contributed by atoms with Crippen molar-refractivity contribution in [3.05, 3.63) is 176 Å². The number of rotatable bonds is 6. The molecule has 0 spiro atoms. The van der Waals surface area contributed by atoms with Crippen LogP contribution in [0.2, 0.25) is 0 Å². The van der Waals surface area contributed by atoms with Gasteiger partial charge in [0, 0.05) is 48.7 Å². The number of hydrogen-bond acceptors (Lipinski definition) is 7. The van der Waals surface area contributed by atoms with Crippen molar-refractivity contribution >= 4 is 53.6 Å². The molecule has 0 bridgehead atoms. The molecule has 0 saturated carbocycles. The molecule has 0 radical (unpaired) electrons. The van der Waals surface area contributed by atoms with Crippen molar-refractivity contribution < 1.29 is 4.42 Å². The zero-order valence-electron chi connectivity index (χ0n) is 29.8. The van der Waals surface area contributed by atoms with E-state index in [9.17, 15) is 0 Å². The molecule has 11 aromatic rings. The lowest BCUT2D eigenvalue weighted by Crippen LogP contribution is -2.00. The van der Waals surface area contributed by atoms with Crippen molar-refractivity contribution in [1.82, 2.24) is 24.9 Å². The third-order valence-corrected chi connectivity index (χ3v) is 11.3. The molecule has 0 aliphatic carbocycles. The summed E-state index contributed by atoms with van der Waals surface area (Å²) in [6.45, 7) is 0. The quantitative estimate of drug-likeness (QED) is 0.169. The molecule has 4 heterocycles. The van der Waals surface area contributed by atoms with E-state index in [1.165, 1.54) is 4.70 Å². The second-order valence-corrected chi connectivity index (χ2v) is 14.7. The molecule has 56 heavy (non-hydrogen) atoms. The SMILES string of the molecule is c1ccc(-c2nc(-c3ccccc3)nc(-c3ccc(-c4cccc5oc6cc(-c7nc(-c8ccccc8)nc8c7sc7ccccc78)ccc6c45)cc3)n2)cc1. The van der Waals surface area contributed by atoms with Gasteiger partial charge in [-0.3, -0.25) is 0 Å². The lowest BCUT2D eigenvalue weighted by atomic mass is 9.97. The van der Waals surface area contributed by atoms with E-state index in [0.29, 0.717) is 23.3 Å². The fraction of sp³-hybridized carbons (Fsp3) is 0. The van der Waals surface area contributed by atoms with Crippen LogP contribution in [0.3, 0.4) is 0 Å². The van der Waals surface area contributed by atoms with Crippen LogP contribution < -0.4 is 0 Å². The summed E-state index contributed by atoms with van der Waals surface area (Å²) in [5.41, 5.74) is 10.4. The summed E-state index contributed by atoms with van der Waals surface area (Å²) in [6, 6.07) is 59.8. The van der Waals surface area contributed by atoms with Gasteiger partial charge < -0.3 is 4.42 Å². The maximum absolute atomic E-state index is 6.60.